The molecular formula is C10H11FN2O6S. The molecular weight excluding hydrogens is 295 g/mol. The van der Waals surface area contributed by atoms with Gasteiger partial charge in [0.15, 0.2) is 0 Å². The van der Waals surface area contributed by atoms with Crippen LogP contribution in [0.15, 0.2) is 23.4 Å². The number of sulfonamides is 1. The average molecular weight is 306 g/mol. The van der Waals surface area contributed by atoms with Crippen molar-refractivity contribution >= 4 is 22.0 Å². The van der Waals surface area contributed by atoms with Crippen molar-refractivity contribution in [2.45, 2.75) is 17.4 Å². The van der Waals surface area contributed by atoms with Crippen LogP contribution >= 0.6 is 0 Å². The molecule has 0 aliphatic carbocycles. The maximum atomic E-state index is 12.9. The number of hydrogen-bond acceptors (Lipinski definition) is 6. The highest BCUT2D eigenvalue weighted by atomic mass is 32.2. The summed E-state index contributed by atoms with van der Waals surface area (Å²) in [6, 6.07) is -1.05. The molecule has 110 valence electrons. The SMILES string of the molecule is COC(=O)C[C@H](NS(=O)(=O)c1cncc(F)c1)C(=O)O. The Morgan fingerprint density at radius 3 is 2.65 bits per heavy atom. The van der Waals surface area contributed by atoms with Gasteiger partial charge in [-0.05, 0) is 6.07 Å². The molecule has 0 radical (unpaired) electrons. The fourth-order valence-corrected chi connectivity index (χ4v) is 2.39. The van der Waals surface area contributed by atoms with Gasteiger partial charge < -0.3 is 9.84 Å². The van der Waals surface area contributed by atoms with Gasteiger partial charge in [-0.15, -0.1) is 0 Å². The highest BCUT2D eigenvalue weighted by Gasteiger charge is 2.28. The second kappa shape index (κ2) is 6.39. The maximum absolute atomic E-state index is 12.9. The van der Waals surface area contributed by atoms with E-state index in [1.54, 1.807) is 4.72 Å². The van der Waals surface area contributed by atoms with E-state index in [4.69, 9.17) is 5.11 Å². The van der Waals surface area contributed by atoms with Gasteiger partial charge >= 0.3 is 11.9 Å². The van der Waals surface area contributed by atoms with Crippen LogP contribution in [0.4, 0.5) is 4.39 Å². The van der Waals surface area contributed by atoms with E-state index in [9.17, 15) is 22.4 Å². The highest BCUT2D eigenvalue weighted by Crippen LogP contribution is 2.10. The first kappa shape index (κ1) is 16.0. The van der Waals surface area contributed by atoms with Crippen molar-refractivity contribution < 1.29 is 32.2 Å². The van der Waals surface area contributed by atoms with E-state index in [1.807, 2.05) is 0 Å². The Balaban J connectivity index is 2.97. The predicted octanol–water partition coefficient (Wildman–Crippen LogP) is -0.485. The molecule has 0 saturated heterocycles. The Hall–Kier alpha value is -2.07. The number of halogens is 1. The van der Waals surface area contributed by atoms with E-state index in [-0.39, 0.29) is 0 Å². The summed E-state index contributed by atoms with van der Waals surface area (Å²) >= 11 is 0. The second-order valence-corrected chi connectivity index (χ2v) is 5.35. The van der Waals surface area contributed by atoms with Gasteiger partial charge in [0.2, 0.25) is 10.0 Å². The zero-order chi connectivity index (χ0) is 15.3. The molecule has 1 rings (SSSR count). The molecule has 0 spiro atoms. The number of carboxylic acid groups (broad SMARTS) is 1. The van der Waals surface area contributed by atoms with E-state index in [0.29, 0.717) is 6.07 Å². The van der Waals surface area contributed by atoms with E-state index in [0.717, 1.165) is 19.5 Å². The normalized spacial score (nSPS) is 12.7. The molecule has 0 unspecified atom stereocenters. The van der Waals surface area contributed by atoms with E-state index < -0.39 is 45.1 Å². The van der Waals surface area contributed by atoms with E-state index >= 15 is 0 Å². The van der Waals surface area contributed by atoms with Gasteiger partial charge in [0.1, 0.15) is 16.8 Å². The third kappa shape index (κ3) is 4.24. The number of nitrogens with one attached hydrogen (secondary N) is 1. The van der Waals surface area contributed by atoms with Crippen LogP contribution in [0.5, 0.6) is 0 Å². The smallest absolute Gasteiger partial charge is 0.322 e. The number of carbonyl (C=O) groups excluding carboxylic acids is 1. The van der Waals surface area contributed by atoms with Crippen LogP contribution in [0.1, 0.15) is 6.42 Å². The number of carbonyl (C=O) groups is 2. The second-order valence-electron chi connectivity index (χ2n) is 3.63. The molecule has 0 fully saturated rings. The molecule has 0 amide bonds. The van der Waals surface area contributed by atoms with Crippen molar-refractivity contribution in [1.29, 1.82) is 0 Å². The molecule has 8 nitrogen and oxygen atoms in total. The van der Waals surface area contributed by atoms with Crippen LogP contribution in [0.3, 0.4) is 0 Å². The van der Waals surface area contributed by atoms with Gasteiger partial charge in [-0.3, -0.25) is 14.6 Å². The Morgan fingerprint density at radius 2 is 2.15 bits per heavy atom. The van der Waals surface area contributed by atoms with E-state index in [1.165, 1.54) is 0 Å². The predicted molar refractivity (Wildman–Crippen MR) is 62.6 cm³/mol. The quantitative estimate of drug-likeness (QED) is 0.680. The molecule has 0 aliphatic rings. The topological polar surface area (TPSA) is 123 Å². The zero-order valence-electron chi connectivity index (χ0n) is 10.2. The van der Waals surface area contributed by atoms with Gasteiger partial charge in [-0.25, -0.2) is 12.8 Å². The lowest BCUT2D eigenvalue weighted by Gasteiger charge is -2.13. The zero-order valence-corrected chi connectivity index (χ0v) is 11.1. The fraction of sp³-hybridized carbons (Fsp3) is 0.300. The lowest BCUT2D eigenvalue weighted by atomic mass is 10.2. The number of hydrogen-bond donors (Lipinski definition) is 2. The van der Waals surface area contributed by atoms with Crippen LogP contribution < -0.4 is 4.72 Å². The van der Waals surface area contributed by atoms with Gasteiger partial charge in [0.05, 0.1) is 19.7 Å². The summed E-state index contributed by atoms with van der Waals surface area (Å²) in [4.78, 5) is 24.7. The third-order valence-electron chi connectivity index (χ3n) is 2.18. The minimum Gasteiger partial charge on any atom is -0.480 e. The summed E-state index contributed by atoms with van der Waals surface area (Å²) in [5, 5.41) is 8.86. The van der Waals surface area contributed by atoms with Gasteiger partial charge in [-0.2, -0.15) is 4.72 Å². The number of methoxy groups -OCH3 is 1. The molecule has 0 saturated carbocycles. The number of nitrogens with zero attached hydrogens (tertiary/aromatic N) is 1. The minimum atomic E-state index is -4.32. The maximum Gasteiger partial charge on any atom is 0.322 e. The van der Waals surface area contributed by atoms with Crippen molar-refractivity contribution in [2.75, 3.05) is 7.11 Å². The number of aliphatic carboxylic acids is 1. The molecule has 1 heterocycles. The lowest BCUT2D eigenvalue weighted by molar-refractivity contribution is -0.147. The summed E-state index contributed by atoms with van der Waals surface area (Å²) in [5.74, 6) is -3.37. The standard InChI is InChI=1S/C10H11FN2O6S/c1-19-9(14)3-8(10(15)16)13-20(17,18)7-2-6(11)4-12-5-7/h2,4-5,8,13H,3H2,1H3,(H,15,16)/t8-/m0/s1. The first-order valence-electron chi connectivity index (χ1n) is 5.19. The van der Waals surface area contributed by atoms with Gasteiger partial charge in [0, 0.05) is 6.20 Å². The molecule has 2 N–H and O–H groups in total. The Labute approximate surface area is 113 Å². The third-order valence-corrected chi connectivity index (χ3v) is 3.62. The Kier molecular flexibility index (Phi) is 5.11. The molecule has 0 aromatic carbocycles. The minimum absolute atomic E-state index is 0.548. The molecule has 0 bridgehead atoms. The molecule has 0 aliphatic heterocycles. The lowest BCUT2D eigenvalue weighted by Crippen LogP contribution is -2.42. The van der Waals surface area contributed by atoms with Crippen LogP contribution in [-0.4, -0.2) is 43.6 Å². The van der Waals surface area contributed by atoms with Gasteiger partial charge in [0.25, 0.3) is 0 Å². The molecule has 1 aromatic heterocycles. The average Bonchev–Trinajstić information content (AvgIpc) is 2.37. The van der Waals surface area contributed by atoms with Crippen LogP contribution in [0.2, 0.25) is 0 Å². The summed E-state index contributed by atoms with van der Waals surface area (Å²) in [6.45, 7) is 0. The highest BCUT2D eigenvalue weighted by molar-refractivity contribution is 7.89. The first-order valence-corrected chi connectivity index (χ1v) is 6.67. The number of carboxylic acids is 1. The first-order chi connectivity index (χ1) is 9.26. The fourth-order valence-electron chi connectivity index (χ4n) is 1.22. The molecule has 1 atom stereocenters. The summed E-state index contributed by atoms with van der Waals surface area (Å²) in [5.41, 5.74) is 0. The van der Waals surface area contributed by atoms with Crippen LogP contribution in [-0.2, 0) is 24.3 Å². The van der Waals surface area contributed by atoms with E-state index in [2.05, 4.69) is 9.72 Å². The summed E-state index contributed by atoms with van der Waals surface area (Å²) in [6.07, 6.45) is 0.943. The Morgan fingerprint density at radius 1 is 1.50 bits per heavy atom. The van der Waals surface area contributed by atoms with Crippen molar-refractivity contribution in [1.82, 2.24) is 9.71 Å². The number of ether oxygens (including phenoxy) is 1. The monoisotopic (exact) mass is 306 g/mol. The largest absolute Gasteiger partial charge is 0.480 e. The summed E-state index contributed by atoms with van der Waals surface area (Å²) in [7, 11) is -3.29. The van der Waals surface area contributed by atoms with Crippen molar-refractivity contribution in [2.24, 2.45) is 0 Å². The molecule has 1 aromatic rings. The number of esters is 1. The number of aromatic nitrogens is 1. The van der Waals surface area contributed by atoms with Crippen molar-refractivity contribution in [3.63, 3.8) is 0 Å². The molecule has 10 heteroatoms. The molecule has 20 heavy (non-hydrogen) atoms. The number of rotatable bonds is 6. The van der Waals surface area contributed by atoms with Crippen LogP contribution in [0.25, 0.3) is 0 Å². The number of pyridine rings is 1. The Bertz CT molecular complexity index is 618. The van der Waals surface area contributed by atoms with Crippen LogP contribution in [0, 0.1) is 5.82 Å². The van der Waals surface area contributed by atoms with Crippen molar-refractivity contribution in [3.05, 3.63) is 24.3 Å². The van der Waals surface area contributed by atoms with Gasteiger partial charge in [-0.1, -0.05) is 0 Å². The van der Waals surface area contributed by atoms with Crippen molar-refractivity contribution in [3.8, 4) is 0 Å². The summed E-state index contributed by atoms with van der Waals surface area (Å²) < 4.78 is 42.6.